The number of carbonyl (C=O) groups excluding carboxylic acids is 2. The average Bonchev–Trinajstić information content (AvgIpc) is 3.94. The molecule has 6 aromatic rings. The van der Waals surface area contributed by atoms with Crippen LogP contribution in [0.2, 0.25) is 0 Å². The minimum atomic E-state index is -0.361. The van der Waals surface area contributed by atoms with Gasteiger partial charge in [0.05, 0.1) is 17.9 Å². The molecule has 0 spiro atoms. The van der Waals surface area contributed by atoms with Gasteiger partial charge in [0.25, 0.3) is 0 Å². The summed E-state index contributed by atoms with van der Waals surface area (Å²) in [5.74, 6) is 1.13. The molecule has 13 heteroatoms. The molecule has 3 aliphatic heterocycles. The van der Waals surface area contributed by atoms with E-state index in [9.17, 15) is 14.0 Å². The summed E-state index contributed by atoms with van der Waals surface area (Å²) >= 11 is 0. The Morgan fingerprint density at radius 2 is 1.75 bits per heavy atom. The van der Waals surface area contributed by atoms with Crippen molar-refractivity contribution in [3.8, 4) is 11.4 Å². The van der Waals surface area contributed by atoms with Crippen LogP contribution < -0.4 is 20.4 Å². The van der Waals surface area contributed by atoms with E-state index in [-0.39, 0.29) is 29.7 Å². The number of aromatic nitrogens is 5. The maximum atomic E-state index is 14.1. The van der Waals surface area contributed by atoms with Crippen LogP contribution in [0.1, 0.15) is 43.3 Å². The Balaban J connectivity index is 0.819. The molecule has 3 saturated heterocycles. The number of hydrogen-bond donors (Lipinski definition) is 2. The second-order valence-corrected chi connectivity index (χ2v) is 14.1. The number of halogens is 1. The van der Waals surface area contributed by atoms with Crippen LogP contribution in [0.3, 0.4) is 0 Å². The number of rotatable bonds is 9. The third-order valence-electron chi connectivity index (χ3n) is 10.8. The number of fused-ring (bicyclic) bond motifs is 2. The van der Waals surface area contributed by atoms with Crippen molar-refractivity contribution in [2.45, 2.75) is 37.8 Å². The molecule has 2 amide bonds. The molecule has 7 heterocycles. The van der Waals surface area contributed by atoms with Crippen molar-refractivity contribution in [3.05, 3.63) is 103 Å². The summed E-state index contributed by atoms with van der Waals surface area (Å²) < 4.78 is 17.9. The number of nitrogens with zero attached hydrogens (tertiary/aromatic N) is 8. The maximum Gasteiger partial charge on any atom is 0.249 e. The number of imidazole rings is 1. The molecule has 1 unspecified atom stereocenters. The minimum absolute atomic E-state index is 0.0786. The smallest absolute Gasteiger partial charge is 0.249 e. The van der Waals surface area contributed by atoms with E-state index in [2.05, 4.69) is 48.5 Å². The number of hydrogen-bond acceptors (Lipinski definition) is 9. The Labute approximate surface area is 306 Å². The van der Waals surface area contributed by atoms with Gasteiger partial charge >= 0.3 is 0 Å². The Morgan fingerprint density at radius 1 is 0.868 bits per heavy atom. The molecule has 0 saturated carbocycles. The van der Waals surface area contributed by atoms with Gasteiger partial charge in [0.2, 0.25) is 11.8 Å². The SMILES string of the molecule is O=C1CCC(n2ccc3cc(NCCN4CCN(c5cccc(-c6cnc7ccc(N8CCC[C@@H]8c8cccc(F)c8)nn67)n5)CC4)ccc32)C(=O)N1. The van der Waals surface area contributed by atoms with E-state index >= 15 is 0 Å². The molecular weight excluding hydrogens is 672 g/mol. The number of pyridine rings is 1. The Kier molecular flexibility index (Phi) is 8.70. The second kappa shape index (κ2) is 14.0. The van der Waals surface area contributed by atoms with Crippen molar-refractivity contribution in [1.29, 1.82) is 0 Å². The van der Waals surface area contributed by atoms with Gasteiger partial charge in [0, 0.05) is 75.0 Å². The number of benzene rings is 2. The second-order valence-electron chi connectivity index (χ2n) is 14.1. The van der Waals surface area contributed by atoms with Gasteiger partial charge in [-0.1, -0.05) is 18.2 Å². The number of piperazine rings is 1. The zero-order valence-corrected chi connectivity index (χ0v) is 29.4. The first-order valence-electron chi connectivity index (χ1n) is 18.5. The van der Waals surface area contributed by atoms with Crippen molar-refractivity contribution < 1.29 is 14.0 Å². The van der Waals surface area contributed by atoms with Crippen LogP contribution in [0, 0.1) is 5.82 Å². The van der Waals surface area contributed by atoms with Crippen LogP contribution in [-0.4, -0.2) is 86.7 Å². The van der Waals surface area contributed by atoms with E-state index in [1.807, 2.05) is 63.9 Å². The molecule has 0 bridgehead atoms. The van der Waals surface area contributed by atoms with E-state index in [0.717, 1.165) is 109 Å². The van der Waals surface area contributed by atoms with Gasteiger partial charge in [-0.2, -0.15) is 0 Å². The maximum absolute atomic E-state index is 14.1. The van der Waals surface area contributed by atoms with E-state index in [4.69, 9.17) is 10.1 Å². The summed E-state index contributed by atoms with van der Waals surface area (Å²) in [5, 5.41) is 12.1. The number of anilines is 3. The zero-order valence-electron chi connectivity index (χ0n) is 29.4. The van der Waals surface area contributed by atoms with Crippen LogP contribution in [0.4, 0.5) is 21.7 Å². The summed E-state index contributed by atoms with van der Waals surface area (Å²) in [6.45, 7) is 6.22. The first-order chi connectivity index (χ1) is 26.0. The number of imide groups is 1. The van der Waals surface area contributed by atoms with Gasteiger partial charge in [-0.05, 0) is 85.5 Å². The van der Waals surface area contributed by atoms with Gasteiger partial charge in [-0.15, -0.1) is 5.10 Å². The van der Waals surface area contributed by atoms with Crippen molar-refractivity contribution >= 4 is 45.7 Å². The van der Waals surface area contributed by atoms with Crippen LogP contribution in [0.5, 0.6) is 0 Å². The van der Waals surface area contributed by atoms with Crippen molar-refractivity contribution in [2.24, 2.45) is 0 Å². The normalized spacial score (nSPS) is 19.7. The van der Waals surface area contributed by atoms with Crippen LogP contribution in [-0.2, 0) is 9.59 Å². The monoisotopic (exact) mass is 712 g/mol. The van der Waals surface area contributed by atoms with Gasteiger partial charge in [0.15, 0.2) is 5.65 Å². The fraction of sp³-hybridized carbons (Fsp3) is 0.325. The highest BCUT2D eigenvalue weighted by Gasteiger charge is 2.30. The van der Waals surface area contributed by atoms with Crippen molar-refractivity contribution in [2.75, 3.05) is 60.9 Å². The molecule has 2 aromatic carbocycles. The quantitative estimate of drug-likeness (QED) is 0.189. The highest BCUT2D eigenvalue weighted by atomic mass is 19.1. The molecule has 4 aromatic heterocycles. The Hall–Kier alpha value is -5.82. The first-order valence-corrected chi connectivity index (χ1v) is 18.5. The number of piperidine rings is 1. The predicted molar refractivity (Wildman–Crippen MR) is 202 cm³/mol. The average molecular weight is 713 g/mol. The van der Waals surface area contributed by atoms with E-state index < -0.39 is 0 Å². The fourth-order valence-electron chi connectivity index (χ4n) is 8.09. The largest absolute Gasteiger partial charge is 0.384 e. The molecule has 270 valence electrons. The highest BCUT2D eigenvalue weighted by molar-refractivity contribution is 6.00. The topological polar surface area (TPSA) is 116 Å². The van der Waals surface area contributed by atoms with Gasteiger partial charge in [0.1, 0.15) is 29.2 Å². The number of nitrogens with one attached hydrogen (secondary N) is 2. The molecule has 3 fully saturated rings. The molecule has 53 heavy (non-hydrogen) atoms. The lowest BCUT2D eigenvalue weighted by Gasteiger charge is -2.35. The Morgan fingerprint density at radius 3 is 2.62 bits per heavy atom. The fourth-order valence-corrected chi connectivity index (χ4v) is 8.09. The minimum Gasteiger partial charge on any atom is -0.384 e. The molecule has 2 N–H and O–H groups in total. The lowest BCUT2D eigenvalue weighted by atomic mass is 10.0. The van der Waals surface area contributed by atoms with Crippen LogP contribution in [0.15, 0.2) is 91.3 Å². The highest BCUT2D eigenvalue weighted by Crippen LogP contribution is 2.36. The molecule has 3 aliphatic rings. The third kappa shape index (κ3) is 6.56. The third-order valence-corrected chi connectivity index (χ3v) is 10.8. The summed E-state index contributed by atoms with van der Waals surface area (Å²) in [4.78, 5) is 40.8. The van der Waals surface area contributed by atoms with Gasteiger partial charge in [-0.3, -0.25) is 19.8 Å². The lowest BCUT2D eigenvalue weighted by molar-refractivity contribution is -0.135. The van der Waals surface area contributed by atoms with E-state index in [1.165, 1.54) is 6.07 Å². The van der Waals surface area contributed by atoms with Crippen molar-refractivity contribution in [1.82, 2.24) is 34.4 Å². The zero-order chi connectivity index (χ0) is 35.9. The predicted octanol–water partition coefficient (Wildman–Crippen LogP) is 5.44. The van der Waals surface area contributed by atoms with Crippen molar-refractivity contribution in [3.63, 3.8) is 0 Å². The van der Waals surface area contributed by atoms with E-state index in [0.29, 0.717) is 12.8 Å². The molecule has 12 nitrogen and oxygen atoms in total. The summed E-state index contributed by atoms with van der Waals surface area (Å²) in [7, 11) is 0. The van der Waals surface area contributed by atoms with E-state index in [1.54, 1.807) is 12.1 Å². The van der Waals surface area contributed by atoms with Crippen LogP contribution >= 0.6 is 0 Å². The summed E-state index contributed by atoms with van der Waals surface area (Å²) in [5.41, 5.74) is 5.40. The van der Waals surface area contributed by atoms with Gasteiger partial charge < -0.3 is 19.7 Å². The first kappa shape index (κ1) is 33.0. The molecular formula is C40H41FN10O2. The summed E-state index contributed by atoms with van der Waals surface area (Å²) in [6.07, 6.45) is 6.62. The number of amides is 2. The number of carbonyl (C=O) groups is 2. The van der Waals surface area contributed by atoms with Gasteiger partial charge in [-0.25, -0.2) is 18.9 Å². The molecule has 0 aliphatic carbocycles. The summed E-state index contributed by atoms with van der Waals surface area (Å²) in [6, 6.07) is 25.0. The molecule has 0 radical (unpaired) electrons. The molecule has 9 rings (SSSR count). The lowest BCUT2D eigenvalue weighted by Crippen LogP contribution is -2.47. The standard InChI is InChI=1S/C40H41FN10O2/c41-29-5-1-4-27(24-29)32-7-3-17-50(32)38-13-12-36-43-26-35(51(36)46-38)31-6-2-8-37(44-31)48-22-20-47(21-23-48)19-16-42-30-9-10-33-28(25-30)15-18-49(33)34-11-14-39(52)45-40(34)53/h1-2,4-6,8-10,12-13,15,18,24-26,32,34,42H,3,7,11,14,16-17,19-23H2,(H,45,52,53)/t32-,34?/m1/s1. The Bertz CT molecular complexity index is 2310. The molecule has 2 atom stereocenters. The van der Waals surface area contributed by atoms with Crippen LogP contribution in [0.25, 0.3) is 27.9 Å².